The molecule has 6 rings (SSSR count). The molecule has 0 saturated heterocycles. The molecule has 0 radical (unpaired) electrons. The lowest BCUT2D eigenvalue weighted by Gasteiger charge is -2.10. The van der Waals surface area contributed by atoms with Crippen LogP contribution in [0, 0.1) is 0 Å². The quantitative estimate of drug-likeness (QED) is 0.265. The van der Waals surface area contributed by atoms with Crippen molar-refractivity contribution in [3.63, 3.8) is 0 Å². The third-order valence-electron chi connectivity index (χ3n) is 6.03. The van der Waals surface area contributed by atoms with Gasteiger partial charge in [0.1, 0.15) is 0 Å². The molecule has 0 unspecified atom stereocenters. The molecule has 0 atom stereocenters. The standard InChI is InChI=1S/C32H22N4/c1-3-9-23(10-4-1)24-16-18-26(19-17-24)31-34-30(25-11-5-2-6-12-25)35-32(36-31)28-14-7-13-27(21-28)29-15-8-20-33-22-29/h1-22H. The van der Waals surface area contributed by atoms with Gasteiger partial charge in [-0.2, -0.15) is 0 Å². The van der Waals surface area contributed by atoms with Crippen LogP contribution in [0.2, 0.25) is 0 Å². The van der Waals surface area contributed by atoms with Gasteiger partial charge in [0.2, 0.25) is 0 Å². The summed E-state index contributed by atoms with van der Waals surface area (Å²) in [5.41, 5.74) is 7.27. The molecule has 4 aromatic carbocycles. The van der Waals surface area contributed by atoms with Gasteiger partial charge in [-0.1, -0.05) is 109 Å². The fourth-order valence-electron chi connectivity index (χ4n) is 4.16. The minimum Gasteiger partial charge on any atom is -0.264 e. The lowest BCUT2D eigenvalue weighted by molar-refractivity contribution is 1.07. The molecular weight excluding hydrogens is 440 g/mol. The van der Waals surface area contributed by atoms with Gasteiger partial charge in [0.05, 0.1) is 0 Å². The minimum absolute atomic E-state index is 0.636. The zero-order valence-corrected chi connectivity index (χ0v) is 19.5. The van der Waals surface area contributed by atoms with Crippen LogP contribution in [0.25, 0.3) is 56.4 Å². The smallest absolute Gasteiger partial charge is 0.164 e. The third kappa shape index (κ3) is 4.52. The van der Waals surface area contributed by atoms with Gasteiger partial charge >= 0.3 is 0 Å². The van der Waals surface area contributed by atoms with Gasteiger partial charge in [0, 0.05) is 34.6 Å². The topological polar surface area (TPSA) is 51.6 Å². The molecule has 4 heteroatoms. The molecule has 4 nitrogen and oxygen atoms in total. The summed E-state index contributed by atoms with van der Waals surface area (Å²) >= 11 is 0. The van der Waals surface area contributed by atoms with Gasteiger partial charge in [-0.25, -0.2) is 15.0 Å². The summed E-state index contributed by atoms with van der Waals surface area (Å²) in [5.74, 6) is 1.93. The Kier molecular flexibility index (Phi) is 5.83. The highest BCUT2D eigenvalue weighted by atomic mass is 15.0. The Morgan fingerprint density at radius 3 is 1.44 bits per heavy atom. The molecule has 0 spiro atoms. The Labute approximate surface area is 210 Å². The Morgan fingerprint density at radius 2 is 0.806 bits per heavy atom. The molecule has 0 fully saturated rings. The van der Waals surface area contributed by atoms with Crippen molar-refractivity contribution in [2.75, 3.05) is 0 Å². The first-order valence-electron chi connectivity index (χ1n) is 11.8. The number of aromatic nitrogens is 4. The van der Waals surface area contributed by atoms with Crippen molar-refractivity contribution in [2.45, 2.75) is 0 Å². The van der Waals surface area contributed by atoms with E-state index in [0.717, 1.165) is 33.4 Å². The molecule has 2 heterocycles. The number of hydrogen-bond donors (Lipinski definition) is 0. The van der Waals surface area contributed by atoms with Crippen LogP contribution in [-0.4, -0.2) is 19.9 Å². The normalized spacial score (nSPS) is 10.8. The van der Waals surface area contributed by atoms with Crippen LogP contribution in [-0.2, 0) is 0 Å². The largest absolute Gasteiger partial charge is 0.264 e. The summed E-state index contributed by atoms with van der Waals surface area (Å²) < 4.78 is 0. The maximum atomic E-state index is 4.90. The van der Waals surface area contributed by atoms with Gasteiger partial charge in [0.25, 0.3) is 0 Å². The van der Waals surface area contributed by atoms with E-state index in [0.29, 0.717) is 17.5 Å². The van der Waals surface area contributed by atoms with Crippen molar-refractivity contribution in [3.8, 4) is 56.4 Å². The van der Waals surface area contributed by atoms with E-state index in [1.807, 2.05) is 72.9 Å². The highest BCUT2D eigenvalue weighted by molar-refractivity contribution is 5.73. The van der Waals surface area contributed by atoms with E-state index in [2.05, 4.69) is 59.6 Å². The van der Waals surface area contributed by atoms with Gasteiger partial charge in [-0.05, 0) is 28.8 Å². The summed E-state index contributed by atoms with van der Waals surface area (Å²) in [6.07, 6.45) is 3.64. The van der Waals surface area contributed by atoms with Crippen LogP contribution in [0.1, 0.15) is 0 Å². The van der Waals surface area contributed by atoms with E-state index in [4.69, 9.17) is 15.0 Å². The lowest BCUT2D eigenvalue weighted by Crippen LogP contribution is -2.00. The maximum Gasteiger partial charge on any atom is 0.164 e. The molecule has 6 aromatic rings. The van der Waals surface area contributed by atoms with Crippen molar-refractivity contribution in [1.82, 2.24) is 19.9 Å². The predicted molar refractivity (Wildman–Crippen MR) is 145 cm³/mol. The van der Waals surface area contributed by atoms with Crippen LogP contribution in [0.4, 0.5) is 0 Å². The third-order valence-corrected chi connectivity index (χ3v) is 6.03. The zero-order valence-electron chi connectivity index (χ0n) is 19.5. The fourth-order valence-corrected chi connectivity index (χ4v) is 4.16. The first-order chi connectivity index (χ1) is 17.8. The van der Waals surface area contributed by atoms with E-state index < -0.39 is 0 Å². The number of benzene rings is 4. The van der Waals surface area contributed by atoms with Crippen molar-refractivity contribution in [2.24, 2.45) is 0 Å². The second kappa shape index (κ2) is 9.72. The number of hydrogen-bond acceptors (Lipinski definition) is 4. The molecule has 0 aliphatic carbocycles. The second-order valence-corrected chi connectivity index (χ2v) is 8.44. The van der Waals surface area contributed by atoms with E-state index in [1.54, 1.807) is 6.20 Å². The minimum atomic E-state index is 0.636. The van der Waals surface area contributed by atoms with Crippen molar-refractivity contribution >= 4 is 0 Å². The first-order valence-corrected chi connectivity index (χ1v) is 11.8. The molecule has 0 bridgehead atoms. The van der Waals surface area contributed by atoms with E-state index in [-0.39, 0.29) is 0 Å². The van der Waals surface area contributed by atoms with Crippen LogP contribution < -0.4 is 0 Å². The average Bonchev–Trinajstić information content (AvgIpc) is 2.98. The number of nitrogens with zero attached hydrogens (tertiary/aromatic N) is 4. The summed E-state index contributed by atoms with van der Waals surface area (Å²) in [7, 11) is 0. The molecule has 2 aromatic heterocycles. The Hall–Kier alpha value is -4.96. The van der Waals surface area contributed by atoms with Gasteiger partial charge in [-0.15, -0.1) is 0 Å². The van der Waals surface area contributed by atoms with E-state index >= 15 is 0 Å². The van der Waals surface area contributed by atoms with Gasteiger partial charge in [0.15, 0.2) is 17.5 Å². The number of pyridine rings is 1. The van der Waals surface area contributed by atoms with Crippen molar-refractivity contribution < 1.29 is 0 Å². The second-order valence-electron chi connectivity index (χ2n) is 8.44. The molecule has 36 heavy (non-hydrogen) atoms. The summed E-state index contributed by atoms with van der Waals surface area (Å²) in [6, 6.07) is 41.0. The fraction of sp³-hybridized carbons (Fsp3) is 0. The number of rotatable bonds is 5. The molecule has 170 valence electrons. The predicted octanol–water partition coefficient (Wildman–Crippen LogP) is 7.60. The summed E-state index contributed by atoms with van der Waals surface area (Å²) in [6.45, 7) is 0. The maximum absolute atomic E-state index is 4.90. The van der Waals surface area contributed by atoms with Crippen LogP contribution >= 0.6 is 0 Å². The molecular formula is C32H22N4. The Balaban J connectivity index is 1.45. The van der Waals surface area contributed by atoms with Crippen LogP contribution in [0.5, 0.6) is 0 Å². The highest BCUT2D eigenvalue weighted by Crippen LogP contribution is 2.29. The molecule has 0 saturated carbocycles. The monoisotopic (exact) mass is 462 g/mol. The molecule has 0 aliphatic rings. The SMILES string of the molecule is c1ccc(-c2ccc(-c3nc(-c4ccccc4)nc(-c4cccc(-c5cccnc5)c4)n3)cc2)cc1. The lowest BCUT2D eigenvalue weighted by atomic mass is 10.0. The van der Waals surface area contributed by atoms with Crippen LogP contribution in [0.15, 0.2) is 134 Å². The molecule has 0 amide bonds. The van der Waals surface area contributed by atoms with Crippen LogP contribution in [0.3, 0.4) is 0 Å². The van der Waals surface area contributed by atoms with E-state index in [1.165, 1.54) is 5.56 Å². The molecule has 0 aliphatic heterocycles. The summed E-state index contributed by atoms with van der Waals surface area (Å²) in [5, 5.41) is 0. The highest BCUT2D eigenvalue weighted by Gasteiger charge is 2.13. The van der Waals surface area contributed by atoms with Gasteiger partial charge in [-0.3, -0.25) is 4.98 Å². The summed E-state index contributed by atoms with van der Waals surface area (Å²) in [4.78, 5) is 18.9. The Bertz CT molecular complexity index is 1600. The van der Waals surface area contributed by atoms with Gasteiger partial charge < -0.3 is 0 Å². The average molecular weight is 463 g/mol. The zero-order chi connectivity index (χ0) is 24.2. The van der Waals surface area contributed by atoms with E-state index in [9.17, 15) is 0 Å². The Morgan fingerprint density at radius 1 is 0.333 bits per heavy atom. The van der Waals surface area contributed by atoms with Crippen molar-refractivity contribution in [1.29, 1.82) is 0 Å². The van der Waals surface area contributed by atoms with Crippen molar-refractivity contribution in [3.05, 3.63) is 134 Å². The first kappa shape index (κ1) is 21.6. The molecule has 0 N–H and O–H groups in total.